The smallest absolute Gasteiger partial charge is 0.232 e. The third-order valence-electron chi connectivity index (χ3n) is 5.28. The molecular formula is C19H28N2O. The standard InChI is InChI=1S/C19H28N2O/c1-18(2,17(22)21-11-4-3-5-12-21)16-8-6-7-15(13-16)14-19(20)9-10-19/h6-8,13H,3-5,9-12,14,20H2,1-2H3. The van der Waals surface area contributed by atoms with Crippen LogP contribution in [0.15, 0.2) is 24.3 Å². The van der Waals surface area contributed by atoms with Crippen molar-refractivity contribution in [3.8, 4) is 0 Å². The SMILES string of the molecule is CC(C)(C(=O)N1CCCCC1)c1cccc(CC2(N)CC2)c1. The van der Waals surface area contributed by atoms with Crippen molar-refractivity contribution in [2.45, 2.75) is 63.3 Å². The summed E-state index contributed by atoms with van der Waals surface area (Å²) in [7, 11) is 0. The van der Waals surface area contributed by atoms with Gasteiger partial charge in [0.05, 0.1) is 5.41 Å². The molecule has 0 radical (unpaired) electrons. The highest BCUT2D eigenvalue weighted by Gasteiger charge is 2.39. The zero-order valence-corrected chi connectivity index (χ0v) is 13.9. The molecule has 0 spiro atoms. The van der Waals surface area contributed by atoms with Gasteiger partial charge in [0, 0.05) is 18.6 Å². The largest absolute Gasteiger partial charge is 0.342 e. The predicted molar refractivity (Wildman–Crippen MR) is 89.8 cm³/mol. The van der Waals surface area contributed by atoms with Crippen LogP contribution in [-0.4, -0.2) is 29.4 Å². The molecule has 2 fully saturated rings. The van der Waals surface area contributed by atoms with E-state index in [1.54, 1.807) is 0 Å². The van der Waals surface area contributed by atoms with Gasteiger partial charge in [-0.3, -0.25) is 4.79 Å². The molecule has 1 saturated carbocycles. The summed E-state index contributed by atoms with van der Waals surface area (Å²) in [6.07, 6.45) is 6.68. The normalized spacial score (nSPS) is 20.8. The number of carbonyl (C=O) groups is 1. The van der Waals surface area contributed by atoms with Crippen LogP contribution >= 0.6 is 0 Å². The first-order valence-corrected chi connectivity index (χ1v) is 8.58. The molecule has 22 heavy (non-hydrogen) atoms. The highest BCUT2D eigenvalue weighted by Crippen LogP contribution is 2.36. The van der Waals surface area contributed by atoms with E-state index in [0.29, 0.717) is 0 Å². The summed E-state index contributed by atoms with van der Waals surface area (Å²) in [6.45, 7) is 5.93. The van der Waals surface area contributed by atoms with Gasteiger partial charge < -0.3 is 10.6 Å². The summed E-state index contributed by atoms with van der Waals surface area (Å²) in [5.41, 5.74) is 8.17. The van der Waals surface area contributed by atoms with Gasteiger partial charge in [-0.2, -0.15) is 0 Å². The number of piperidine rings is 1. The Labute approximate surface area is 133 Å². The van der Waals surface area contributed by atoms with Crippen LogP contribution in [0.1, 0.15) is 57.1 Å². The first-order valence-electron chi connectivity index (χ1n) is 8.58. The molecule has 1 aliphatic heterocycles. The minimum atomic E-state index is -0.460. The average Bonchev–Trinajstić information content (AvgIpc) is 3.24. The van der Waals surface area contributed by atoms with Crippen molar-refractivity contribution < 1.29 is 4.79 Å². The molecule has 2 N–H and O–H groups in total. The van der Waals surface area contributed by atoms with Crippen molar-refractivity contribution in [2.75, 3.05) is 13.1 Å². The fraction of sp³-hybridized carbons (Fsp3) is 0.632. The Morgan fingerprint density at radius 3 is 2.55 bits per heavy atom. The minimum Gasteiger partial charge on any atom is -0.342 e. The molecule has 0 atom stereocenters. The Kier molecular flexibility index (Phi) is 4.02. The molecule has 0 unspecified atom stereocenters. The molecule has 1 amide bonds. The first kappa shape index (κ1) is 15.5. The van der Waals surface area contributed by atoms with Crippen LogP contribution in [0.25, 0.3) is 0 Å². The molecule has 1 aromatic carbocycles. The van der Waals surface area contributed by atoms with E-state index in [4.69, 9.17) is 5.73 Å². The molecule has 1 aliphatic carbocycles. The van der Waals surface area contributed by atoms with Gasteiger partial charge in [0.15, 0.2) is 0 Å². The summed E-state index contributed by atoms with van der Waals surface area (Å²) >= 11 is 0. The van der Waals surface area contributed by atoms with Crippen LogP contribution in [0.3, 0.4) is 0 Å². The van der Waals surface area contributed by atoms with E-state index in [0.717, 1.165) is 50.8 Å². The van der Waals surface area contributed by atoms with Gasteiger partial charge >= 0.3 is 0 Å². The lowest BCUT2D eigenvalue weighted by Gasteiger charge is -2.35. The van der Waals surface area contributed by atoms with E-state index >= 15 is 0 Å². The third kappa shape index (κ3) is 3.19. The van der Waals surface area contributed by atoms with Gasteiger partial charge in [-0.15, -0.1) is 0 Å². The number of rotatable bonds is 4. The van der Waals surface area contributed by atoms with Gasteiger partial charge in [-0.25, -0.2) is 0 Å². The molecule has 3 rings (SSSR count). The second-order valence-corrected chi connectivity index (χ2v) is 7.72. The summed E-state index contributed by atoms with van der Waals surface area (Å²) in [5.74, 6) is 0.262. The van der Waals surface area contributed by atoms with Crippen LogP contribution < -0.4 is 5.73 Å². The number of hydrogen-bond donors (Lipinski definition) is 1. The highest BCUT2D eigenvalue weighted by molar-refractivity contribution is 5.87. The monoisotopic (exact) mass is 300 g/mol. The van der Waals surface area contributed by atoms with E-state index in [1.165, 1.54) is 12.0 Å². The van der Waals surface area contributed by atoms with Crippen molar-refractivity contribution in [3.63, 3.8) is 0 Å². The number of amides is 1. The fourth-order valence-corrected chi connectivity index (χ4v) is 3.43. The molecule has 120 valence electrons. The summed E-state index contributed by atoms with van der Waals surface area (Å²) in [5, 5.41) is 0. The minimum absolute atomic E-state index is 0.0135. The Balaban J connectivity index is 1.78. The van der Waals surface area contributed by atoms with Gasteiger partial charge in [-0.05, 0) is 63.5 Å². The average molecular weight is 300 g/mol. The third-order valence-corrected chi connectivity index (χ3v) is 5.28. The molecule has 1 saturated heterocycles. The predicted octanol–water partition coefficient (Wildman–Crippen LogP) is 3.01. The number of nitrogens with two attached hydrogens (primary N) is 1. The molecule has 0 aromatic heterocycles. The van der Waals surface area contributed by atoms with E-state index in [1.807, 2.05) is 4.90 Å². The number of nitrogens with zero attached hydrogens (tertiary/aromatic N) is 1. The number of likely N-dealkylation sites (tertiary alicyclic amines) is 1. The Morgan fingerprint density at radius 1 is 1.23 bits per heavy atom. The van der Waals surface area contributed by atoms with Crippen molar-refractivity contribution in [3.05, 3.63) is 35.4 Å². The lowest BCUT2D eigenvalue weighted by molar-refractivity contribution is -0.137. The van der Waals surface area contributed by atoms with Crippen LogP contribution in [-0.2, 0) is 16.6 Å². The van der Waals surface area contributed by atoms with Gasteiger partial charge in [0.2, 0.25) is 5.91 Å². The van der Waals surface area contributed by atoms with Crippen molar-refractivity contribution in [1.82, 2.24) is 4.90 Å². The second kappa shape index (κ2) is 5.69. The molecule has 3 nitrogen and oxygen atoms in total. The van der Waals surface area contributed by atoms with Crippen LogP contribution in [0, 0.1) is 0 Å². The lowest BCUT2D eigenvalue weighted by atomic mass is 9.81. The maximum absolute atomic E-state index is 12.9. The zero-order valence-electron chi connectivity index (χ0n) is 13.9. The molecule has 2 aliphatic rings. The Bertz CT molecular complexity index is 554. The fourth-order valence-electron chi connectivity index (χ4n) is 3.43. The molecule has 1 heterocycles. The quantitative estimate of drug-likeness (QED) is 0.929. The summed E-state index contributed by atoms with van der Waals surface area (Å²) < 4.78 is 0. The number of carbonyl (C=O) groups excluding carboxylic acids is 1. The molecular weight excluding hydrogens is 272 g/mol. The number of benzene rings is 1. The topological polar surface area (TPSA) is 46.3 Å². The van der Waals surface area contributed by atoms with E-state index in [9.17, 15) is 4.79 Å². The van der Waals surface area contributed by atoms with Crippen LogP contribution in [0.5, 0.6) is 0 Å². The van der Waals surface area contributed by atoms with E-state index in [2.05, 4.69) is 38.1 Å². The van der Waals surface area contributed by atoms with Gasteiger partial charge in [0.25, 0.3) is 0 Å². The zero-order chi connectivity index (χ0) is 15.8. The van der Waals surface area contributed by atoms with Crippen molar-refractivity contribution in [1.29, 1.82) is 0 Å². The van der Waals surface area contributed by atoms with Crippen molar-refractivity contribution >= 4 is 5.91 Å². The van der Waals surface area contributed by atoms with E-state index in [-0.39, 0.29) is 11.4 Å². The molecule has 1 aromatic rings. The summed E-state index contributed by atoms with van der Waals surface area (Å²) in [6, 6.07) is 8.48. The van der Waals surface area contributed by atoms with Crippen molar-refractivity contribution in [2.24, 2.45) is 5.73 Å². The molecule has 3 heteroatoms. The second-order valence-electron chi connectivity index (χ2n) is 7.72. The highest BCUT2D eigenvalue weighted by atomic mass is 16.2. The molecule has 0 bridgehead atoms. The maximum atomic E-state index is 12.9. The van der Waals surface area contributed by atoms with Gasteiger partial charge in [-0.1, -0.05) is 24.3 Å². The van der Waals surface area contributed by atoms with Crippen LogP contribution in [0.4, 0.5) is 0 Å². The van der Waals surface area contributed by atoms with Gasteiger partial charge in [0.1, 0.15) is 0 Å². The summed E-state index contributed by atoms with van der Waals surface area (Å²) in [4.78, 5) is 15.0. The Morgan fingerprint density at radius 2 is 1.91 bits per heavy atom. The van der Waals surface area contributed by atoms with Crippen LogP contribution in [0.2, 0.25) is 0 Å². The first-order chi connectivity index (χ1) is 10.4. The lowest BCUT2D eigenvalue weighted by Crippen LogP contribution is -2.45. The van der Waals surface area contributed by atoms with E-state index < -0.39 is 5.41 Å². The maximum Gasteiger partial charge on any atom is 0.232 e. The Hall–Kier alpha value is -1.35. The number of hydrogen-bond acceptors (Lipinski definition) is 2.